The van der Waals surface area contributed by atoms with Crippen LogP contribution in [0.3, 0.4) is 0 Å². The van der Waals surface area contributed by atoms with Crippen molar-refractivity contribution >= 4 is 39.6 Å². The van der Waals surface area contributed by atoms with E-state index >= 15 is 0 Å². The van der Waals surface area contributed by atoms with E-state index in [1.807, 2.05) is 31.2 Å². The summed E-state index contributed by atoms with van der Waals surface area (Å²) in [6.07, 6.45) is 1.80. The minimum Gasteiger partial charge on any atom is -0.487 e. The first kappa shape index (κ1) is 25.3. The average Bonchev–Trinajstić information content (AvgIpc) is 3.41. The molecule has 2 heterocycles. The predicted molar refractivity (Wildman–Crippen MR) is 143 cm³/mol. The van der Waals surface area contributed by atoms with Crippen LogP contribution in [0.1, 0.15) is 23.1 Å². The first-order chi connectivity index (χ1) is 18.4. The number of nitriles is 1. The van der Waals surface area contributed by atoms with Crippen molar-refractivity contribution in [1.29, 1.82) is 5.26 Å². The molecule has 1 aliphatic rings. The Hall–Kier alpha value is -4.39. The molecule has 10 heteroatoms. The fourth-order valence-electron chi connectivity index (χ4n) is 4.25. The molecule has 3 aromatic carbocycles. The Bertz CT molecular complexity index is 1560. The summed E-state index contributed by atoms with van der Waals surface area (Å²) in [5, 5.41) is 25.6. The molecule has 1 saturated heterocycles. The topological polar surface area (TPSA) is 120 Å². The van der Waals surface area contributed by atoms with Crippen LogP contribution >= 0.6 is 11.6 Å². The Kier molecular flexibility index (Phi) is 7.26. The molecule has 1 atom stereocenters. The Balaban J connectivity index is 1.45. The number of aromatic nitrogens is 1. The first-order valence-electron chi connectivity index (χ1n) is 11.9. The second-order valence-electron chi connectivity index (χ2n) is 8.90. The number of anilines is 2. The quantitative estimate of drug-likeness (QED) is 0.203. The Labute approximate surface area is 223 Å². The van der Waals surface area contributed by atoms with Crippen LogP contribution in [-0.2, 0) is 11.3 Å². The maximum atomic E-state index is 11.9. The van der Waals surface area contributed by atoms with E-state index in [4.69, 9.17) is 25.8 Å². The second kappa shape index (κ2) is 10.9. The van der Waals surface area contributed by atoms with Crippen molar-refractivity contribution in [1.82, 2.24) is 4.98 Å². The van der Waals surface area contributed by atoms with Crippen LogP contribution < -0.4 is 14.8 Å². The van der Waals surface area contributed by atoms with Gasteiger partial charge in [-0.05, 0) is 30.7 Å². The standard InChI is InChI=1S/C28H23ClN4O5/c1-17-3-2-4-18(9-17)15-37-26-6-5-20(10-23(26)29)32-28-19(13-30)14-31-24-12-27(38-21-7-8-36-16-21)25(33(34)35)11-22(24)28/h2-6,9-12,14,21H,7-8,15-16H2,1H3,(H,31,32). The van der Waals surface area contributed by atoms with Gasteiger partial charge >= 0.3 is 5.69 Å². The van der Waals surface area contributed by atoms with Crippen LogP contribution in [0.2, 0.25) is 5.02 Å². The van der Waals surface area contributed by atoms with Gasteiger partial charge in [-0.25, -0.2) is 0 Å². The molecule has 0 amide bonds. The molecule has 0 bridgehead atoms. The van der Waals surface area contributed by atoms with Crippen molar-refractivity contribution in [3.8, 4) is 17.6 Å². The van der Waals surface area contributed by atoms with Gasteiger partial charge in [0, 0.05) is 35.8 Å². The predicted octanol–water partition coefficient (Wildman–Crippen LogP) is 6.47. The molecule has 0 aliphatic carbocycles. The molecule has 1 aliphatic heterocycles. The highest BCUT2D eigenvalue weighted by Crippen LogP contribution is 2.38. The molecular formula is C28H23ClN4O5. The zero-order chi connectivity index (χ0) is 26.6. The molecule has 5 rings (SSSR count). The van der Waals surface area contributed by atoms with Crippen molar-refractivity contribution in [2.45, 2.75) is 26.1 Å². The normalized spacial score (nSPS) is 14.7. The van der Waals surface area contributed by atoms with Gasteiger partial charge in [0.2, 0.25) is 0 Å². The van der Waals surface area contributed by atoms with Crippen molar-refractivity contribution in [3.05, 3.63) is 92.6 Å². The van der Waals surface area contributed by atoms with Gasteiger partial charge in [-0.15, -0.1) is 0 Å². The van der Waals surface area contributed by atoms with Gasteiger partial charge in [0.1, 0.15) is 24.5 Å². The fourth-order valence-corrected chi connectivity index (χ4v) is 4.49. The number of pyridine rings is 1. The van der Waals surface area contributed by atoms with Crippen molar-refractivity contribution in [3.63, 3.8) is 0 Å². The van der Waals surface area contributed by atoms with Gasteiger partial charge < -0.3 is 19.5 Å². The lowest BCUT2D eigenvalue weighted by Gasteiger charge is -2.16. The third-order valence-electron chi connectivity index (χ3n) is 6.13. The summed E-state index contributed by atoms with van der Waals surface area (Å²) in [5.74, 6) is 0.617. The number of ether oxygens (including phenoxy) is 3. The van der Waals surface area contributed by atoms with Crippen molar-refractivity contribution in [2.75, 3.05) is 18.5 Å². The highest BCUT2D eigenvalue weighted by molar-refractivity contribution is 6.32. The average molecular weight is 531 g/mol. The third kappa shape index (κ3) is 5.47. The molecule has 1 fully saturated rings. The molecule has 0 radical (unpaired) electrons. The van der Waals surface area contributed by atoms with Crippen LogP contribution in [0.4, 0.5) is 17.1 Å². The Morgan fingerprint density at radius 3 is 2.82 bits per heavy atom. The number of rotatable bonds is 8. The van der Waals surface area contributed by atoms with E-state index in [1.165, 1.54) is 18.3 Å². The largest absolute Gasteiger partial charge is 0.487 e. The number of fused-ring (bicyclic) bond motifs is 1. The van der Waals surface area contributed by atoms with Crippen molar-refractivity contribution < 1.29 is 19.1 Å². The van der Waals surface area contributed by atoms with Gasteiger partial charge in [-0.1, -0.05) is 41.4 Å². The minimum atomic E-state index is -0.509. The summed E-state index contributed by atoms with van der Waals surface area (Å²) < 4.78 is 17.1. The second-order valence-corrected chi connectivity index (χ2v) is 9.31. The molecule has 1 aromatic heterocycles. The van der Waals surface area contributed by atoms with Crippen LogP contribution in [0.5, 0.6) is 11.5 Å². The molecule has 38 heavy (non-hydrogen) atoms. The maximum absolute atomic E-state index is 11.9. The van der Waals surface area contributed by atoms with Gasteiger partial charge in [0.15, 0.2) is 5.75 Å². The third-order valence-corrected chi connectivity index (χ3v) is 6.42. The maximum Gasteiger partial charge on any atom is 0.311 e. The fraction of sp³-hybridized carbons (Fsp3) is 0.214. The first-order valence-corrected chi connectivity index (χ1v) is 12.3. The lowest BCUT2D eigenvalue weighted by atomic mass is 10.1. The van der Waals surface area contributed by atoms with E-state index in [-0.39, 0.29) is 23.1 Å². The van der Waals surface area contributed by atoms with Gasteiger partial charge in [0.05, 0.1) is 39.9 Å². The molecule has 0 spiro atoms. The Morgan fingerprint density at radius 1 is 1.24 bits per heavy atom. The monoisotopic (exact) mass is 530 g/mol. The molecule has 0 saturated carbocycles. The van der Waals surface area contributed by atoms with E-state index < -0.39 is 4.92 Å². The number of nitrogens with zero attached hydrogens (tertiary/aromatic N) is 3. The van der Waals surface area contributed by atoms with Crippen molar-refractivity contribution in [2.24, 2.45) is 0 Å². The number of hydrogen-bond donors (Lipinski definition) is 1. The summed E-state index contributed by atoms with van der Waals surface area (Å²) >= 11 is 6.50. The summed E-state index contributed by atoms with van der Waals surface area (Å²) in [6, 6.07) is 18.2. The number of nitrogens with one attached hydrogen (secondary N) is 1. The number of nitro benzene ring substituents is 1. The molecule has 9 nitrogen and oxygen atoms in total. The van der Waals surface area contributed by atoms with E-state index in [0.717, 1.165) is 11.1 Å². The number of nitro groups is 1. The SMILES string of the molecule is Cc1cccc(COc2ccc(Nc3c(C#N)cnc4cc(OC5CCOC5)c([N+](=O)[O-])cc34)cc2Cl)c1. The van der Waals surface area contributed by atoms with Crippen LogP contribution in [0, 0.1) is 28.4 Å². The zero-order valence-electron chi connectivity index (χ0n) is 20.4. The molecule has 1 N–H and O–H groups in total. The number of aryl methyl sites for hydroxylation is 1. The van der Waals surface area contributed by atoms with Crippen LogP contribution in [0.15, 0.2) is 60.8 Å². The van der Waals surface area contributed by atoms with Crippen LogP contribution in [-0.4, -0.2) is 29.2 Å². The number of hydrogen-bond acceptors (Lipinski definition) is 8. The van der Waals surface area contributed by atoms with E-state index in [9.17, 15) is 15.4 Å². The highest BCUT2D eigenvalue weighted by Gasteiger charge is 2.25. The summed E-state index contributed by atoms with van der Waals surface area (Å²) in [7, 11) is 0. The van der Waals surface area contributed by atoms with Gasteiger partial charge in [-0.3, -0.25) is 15.1 Å². The minimum absolute atomic E-state index is 0.110. The summed E-state index contributed by atoms with van der Waals surface area (Å²) in [4.78, 5) is 15.7. The molecule has 192 valence electrons. The van der Waals surface area contributed by atoms with E-state index in [0.29, 0.717) is 59.3 Å². The van der Waals surface area contributed by atoms with Crippen LogP contribution in [0.25, 0.3) is 10.9 Å². The Morgan fingerprint density at radius 2 is 2.11 bits per heavy atom. The van der Waals surface area contributed by atoms with E-state index in [2.05, 4.69) is 16.4 Å². The molecule has 4 aromatic rings. The lowest BCUT2D eigenvalue weighted by Crippen LogP contribution is -2.16. The molecular weight excluding hydrogens is 508 g/mol. The zero-order valence-corrected chi connectivity index (χ0v) is 21.2. The highest BCUT2D eigenvalue weighted by atomic mass is 35.5. The summed E-state index contributed by atoms with van der Waals surface area (Å²) in [6.45, 7) is 3.29. The van der Waals surface area contributed by atoms with Gasteiger partial charge in [0.25, 0.3) is 0 Å². The summed E-state index contributed by atoms with van der Waals surface area (Å²) in [5.41, 5.74) is 3.56. The number of benzene rings is 3. The lowest BCUT2D eigenvalue weighted by molar-refractivity contribution is -0.385. The smallest absolute Gasteiger partial charge is 0.311 e. The van der Waals surface area contributed by atoms with Gasteiger partial charge in [-0.2, -0.15) is 5.26 Å². The number of halogens is 1. The molecule has 1 unspecified atom stereocenters. The van der Waals surface area contributed by atoms with E-state index in [1.54, 1.807) is 18.2 Å².